The number of ether oxygens (including phenoxy) is 1. The number of rotatable bonds is 6. The van der Waals surface area contributed by atoms with Crippen LogP contribution in [0.3, 0.4) is 0 Å². The van der Waals surface area contributed by atoms with E-state index in [4.69, 9.17) is 16.3 Å². The topological polar surface area (TPSA) is 39.1 Å². The van der Waals surface area contributed by atoms with Crippen molar-refractivity contribution in [3.05, 3.63) is 52.3 Å². The zero-order chi connectivity index (χ0) is 15.4. The van der Waals surface area contributed by atoms with E-state index in [0.717, 1.165) is 42.5 Å². The lowest BCUT2D eigenvalue weighted by molar-refractivity contribution is 0.110. The highest BCUT2D eigenvalue weighted by Crippen LogP contribution is 2.21. The summed E-state index contributed by atoms with van der Waals surface area (Å²) >= 11 is 6.50. The van der Waals surface area contributed by atoms with E-state index in [1.165, 1.54) is 12.0 Å². The van der Waals surface area contributed by atoms with Crippen LogP contribution in [0.25, 0.3) is 0 Å². The van der Waals surface area contributed by atoms with E-state index in [-0.39, 0.29) is 0 Å². The van der Waals surface area contributed by atoms with Crippen LogP contribution in [0, 0.1) is 6.92 Å². The molecule has 0 saturated carbocycles. The highest BCUT2D eigenvalue weighted by molar-refractivity contribution is 6.30. The Morgan fingerprint density at radius 3 is 2.91 bits per heavy atom. The summed E-state index contributed by atoms with van der Waals surface area (Å²) in [5, 5.41) is 8.73. The lowest BCUT2D eigenvalue weighted by Gasteiger charge is -2.10. The molecule has 1 aliphatic heterocycles. The van der Waals surface area contributed by atoms with Gasteiger partial charge in [0, 0.05) is 25.3 Å². The third-order valence-electron chi connectivity index (χ3n) is 4.06. The summed E-state index contributed by atoms with van der Waals surface area (Å²) in [5.41, 5.74) is 3.27. The second-order valence-electron chi connectivity index (χ2n) is 5.76. The van der Waals surface area contributed by atoms with E-state index in [1.54, 1.807) is 0 Å². The molecule has 0 amide bonds. The van der Waals surface area contributed by atoms with Gasteiger partial charge in [-0.25, -0.2) is 4.68 Å². The van der Waals surface area contributed by atoms with Gasteiger partial charge in [0.15, 0.2) is 0 Å². The van der Waals surface area contributed by atoms with Crippen molar-refractivity contribution in [3.8, 4) is 0 Å². The van der Waals surface area contributed by atoms with Gasteiger partial charge in [-0.05, 0) is 25.3 Å². The van der Waals surface area contributed by atoms with Crippen molar-refractivity contribution in [2.75, 3.05) is 13.2 Å². The van der Waals surface area contributed by atoms with E-state index in [0.29, 0.717) is 12.6 Å². The molecule has 1 N–H and O–H groups in total. The summed E-state index contributed by atoms with van der Waals surface area (Å²) in [6.07, 6.45) is 2.66. The maximum atomic E-state index is 6.50. The van der Waals surface area contributed by atoms with Crippen molar-refractivity contribution >= 4 is 11.6 Å². The first kappa shape index (κ1) is 15.5. The molecule has 0 radical (unpaired) electrons. The van der Waals surface area contributed by atoms with E-state index >= 15 is 0 Å². The van der Waals surface area contributed by atoms with Crippen molar-refractivity contribution in [1.29, 1.82) is 0 Å². The molecule has 1 aromatic heterocycles. The Morgan fingerprint density at radius 2 is 2.18 bits per heavy atom. The Balaban J connectivity index is 1.62. The predicted molar refractivity (Wildman–Crippen MR) is 88.2 cm³/mol. The number of hydrogen-bond donors (Lipinski definition) is 1. The quantitative estimate of drug-likeness (QED) is 0.889. The van der Waals surface area contributed by atoms with E-state index in [1.807, 2.05) is 29.8 Å². The van der Waals surface area contributed by atoms with Gasteiger partial charge in [0.25, 0.3) is 0 Å². The predicted octanol–water partition coefficient (Wildman–Crippen LogP) is 3.16. The first-order valence-electron chi connectivity index (χ1n) is 7.82. The van der Waals surface area contributed by atoms with Crippen LogP contribution >= 0.6 is 11.6 Å². The van der Waals surface area contributed by atoms with Crippen LogP contribution in [0.5, 0.6) is 0 Å². The second-order valence-corrected chi connectivity index (χ2v) is 6.12. The standard InChI is InChI=1S/C17H22ClN3O/c1-13-16(11-19-10-15-8-5-9-22-15)17(18)21(20-13)12-14-6-3-2-4-7-14/h2-4,6-7,15,19H,5,8-12H2,1H3. The third kappa shape index (κ3) is 3.69. The number of nitrogens with one attached hydrogen (secondary N) is 1. The third-order valence-corrected chi connectivity index (χ3v) is 4.48. The van der Waals surface area contributed by atoms with Gasteiger partial charge in [0.05, 0.1) is 18.3 Å². The molecule has 0 spiro atoms. The Kier molecular flexibility index (Phi) is 5.13. The van der Waals surface area contributed by atoms with Crippen LogP contribution in [0.15, 0.2) is 30.3 Å². The van der Waals surface area contributed by atoms with Gasteiger partial charge in [-0.15, -0.1) is 0 Å². The SMILES string of the molecule is Cc1nn(Cc2ccccc2)c(Cl)c1CNCC1CCCO1. The summed E-state index contributed by atoms with van der Waals surface area (Å²) in [4.78, 5) is 0. The molecule has 118 valence electrons. The molecular formula is C17H22ClN3O. The smallest absolute Gasteiger partial charge is 0.132 e. The molecular weight excluding hydrogens is 298 g/mol. The van der Waals surface area contributed by atoms with Gasteiger partial charge in [0.2, 0.25) is 0 Å². The molecule has 1 aliphatic rings. The van der Waals surface area contributed by atoms with Crippen molar-refractivity contribution < 1.29 is 4.74 Å². The normalized spacial score (nSPS) is 18.0. The number of benzene rings is 1. The van der Waals surface area contributed by atoms with Crippen LogP contribution in [0.1, 0.15) is 29.7 Å². The number of aromatic nitrogens is 2. The highest BCUT2D eigenvalue weighted by atomic mass is 35.5. The lowest BCUT2D eigenvalue weighted by Crippen LogP contribution is -2.26. The average Bonchev–Trinajstić information content (AvgIpc) is 3.12. The van der Waals surface area contributed by atoms with E-state index in [2.05, 4.69) is 22.5 Å². The molecule has 2 aromatic rings. The Hall–Kier alpha value is -1.36. The Morgan fingerprint density at radius 1 is 1.36 bits per heavy atom. The van der Waals surface area contributed by atoms with Crippen molar-refractivity contribution in [3.63, 3.8) is 0 Å². The van der Waals surface area contributed by atoms with E-state index in [9.17, 15) is 0 Å². The maximum absolute atomic E-state index is 6.50. The highest BCUT2D eigenvalue weighted by Gasteiger charge is 2.17. The Labute approximate surface area is 136 Å². The number of nitrogens with zero attached hydrogens (tertiary/aromatic N) is 2. The fraction of sp³-hybridized carbons (Fsp3) is 0.471. The number of hydrogen-bond acceptors (Lipinski definition) is 3. The minimum Gasteiger partial charge on any atom is -0.377 e. The van der Waals surface area contributed by atoms with Crippen molar-refractivity contribution in [2.24, 2.45) is 0 Å². The fourth-order valence-corrected chi connectivity index (χ4v) is 3.12. The summed E-state index contributed by atoms with van der Waals surface area (Å²) in [7, 11) is 0. The van der Waals surface area contributed by atoms with Crippen molar-refractivity contribution in [2.45, 2.75) is 39.0 Å². The summed E-state index contributed by atoms with van der Waals surface area (Å²) < 4.78 is 7.49. The zero-order valence-corrected chi connectivity index (χ0v) is 13.6. The summed E-state index contributed by atoms with van der Waals surface area (Å²) in [5.74, 6) is 0. The molecule has 22 heavy (non-hydrogen) atoms. The summed E-state index contributed by atoms with van der Waals surface area (Å²) in [6.45, 7) is 5.21. The minimum atomic E-state index is 0.346. The Bertz CT molecular complexity index is 606. The largest absolute Gasteiger partial charge is 0.377 e. The molecule has 1 saturated heterocycles. The molecule has 1 unspecified atom stereocenters. The zero-order valence-electron chi connectivity index (χ0n) is 12.9. The summed E-state index contributed by atoms with van der Waals surface area (Å²) in [6, 6.07) is 10.2. The van der Waals surface area contributed by atoms with Crippen LogP contribution in [0.2, 0.25) is 5.15 Å². The fourth-order valence-electron chi connectivity index (χ4n) is 2.82. The monoisotopic (exact) mass is 319 g/mol. The van der Waals surface area contributed by atoms with E-state index < -0.39 is 0 Å². The molecule has 1 aromatic carbocycles. The second kappa shape index (κ2) is 7.27. The molecule has 4 nitrogen and oxygen atoms in total. The molecule has 0 bridgehead atoms. The molecule has 5 heteroatoms. The van der Waals surface area contributed by atoms with Crippen LogP contribution in [-0.4, -0.2) is 29.0 Å². The molecule has 3 rings (SSSR count). The molecule has 1 atom stereocenters. The van der Waals surface area contributed by atoms with Crippen LogP contribution < -0.4 is 5.32 Å². The average molecular weight is 320 g/mol. The first-order chi connectivity index (χ1) is 10.7. The molecule has 0 aliphatic carbocycles. The minimum absolute atomic E-state index is 0.346. The maximum Gasteiger partial charge on any atom is 0.132 e. The van der Waals surface area contributed by atoms with Crippen molar-refractivity contribution in [1.82, 2.24) is 15.1 Å². The van der Waals surface area contributed by atoms with Gasteiger partial charge in [-0.3, -0.25) is 0 Å². The van der Waals surface area contributed by atoms with Gasteiger partial charge in [-0.1, -0.05) is 41.9 Å². The lowest BCUT2D eigenvalue weighted by atomic mass is 10.2. The van der Waals surface area contributed by atoms with Crippen LogP contribution in [-0.2, 0) is 17.8 Å². The first-order valence-corrected chi connectivity index (χ1v) is 8.20. The number of halogens is 1. The van der Waals surface area contributed by atoms with Gasteiger partial charge >= 0.3 is 0 Å². The van der Waals surface area contributed by atoms with Gasteiger partial charge < -0.3 is 10.1 Å². The number of aryl methyl sites for hydroxylation is 1. The van der Waals surface area contributed by atoms with Gasteiger partial charge in [-0.2, -0.15) is 5.10 Å². The van der Waals surface area contributed by atoms with Gasteiger partial charge in [0.1, 0.15) is 5.15 Å². The molecule has 2 heterocycles. The molecule has 1 fully saturated rings. The van der Waals surface area contributed by atoms with Crippen LogP contribution in [0.4, 0.5) is 0 Å².